The average molecular weight is 430 g/mol. The quantitative estimate of drug-likeness (QED) is 0.774. The molecule has 0 saturated carbocycles. The van der Waals surface area contributed by atoms with Crippen molar-refractivity contribution in [2.75, 3.05) is 49.5 Å². The molecule has 1 aromatic carbocycles. The number of rotatable bonds is 3. The largest absolute Gasteiger partial charge is 0.367 e. The van der Waals surface area contributed by atoms with E-state index in [2.05, 4.69) is 15.5 Å². The second kappa shape index (κ2) is 9.58. The molecule has 2 N–H and O–H groups in total. The molecular weight excluding hydrogens is 394 g/mol. The van der Waals surface area contributed by atoms with Crippen LogP contribution in [0.25, 0.3) is 0 Å². The van der Waals surface area contributed by atoms with Crippen LogP contribution < -0.4 is 15.5 Å². The molecule has 4 amide bonds. The molecule has 1 aromatic rings. The number of piperidine rings is 1. The summed E-state index contributed by atoms with van der Waals surface area (Å²) in [4.78, 5) is 43.2. The fraction of sp³-hybridized carbons (Fsp3) is 0.609. The van der Waals surface area contributed by atoms with Crippen LogP contribution in [0.5, 0.6) is 0 Å². The van der Waals surface area contributed by atoms with E-state index in [1.54, 1.807) is 6.07 Å². The first kappa shape index (κ1) is 22.9. The number of carbonyl (C=O) groups excluding carboxylic acids is 3. The van der Waals surface area contributed by atoms with E-state index in [1.807, 2.05) is 42.7 Å². The number of nitrogens with one attached hydrogen (secondary N) is 2. The van der Waals surface area contributed by atoms with E-state index in [9.17, 15) is 14.4 Å². The van der Waals surface area contributed by atoms with Gasteiger partial charge in [-0.15, -0.1) is 0 Å². The minimum absolute atomic E-state index is 0.00908. The topological polar surface area (TPSA) is 85.0 Å². The number of benzene rings is 1. The first-order valence-corrected chi connectivity index (χ1v) is 11.2. The molecule has 2 heterocycles. The lowest BCUT2D eigenvalue weighted by Gasteiger charge is -2.38. The molecule has 0 spiro atoms. The highest BCUT2D eigenvalue weighted by Gasteiger charge is 2.28. The Morgan fingerprint density at radius 1 is 0.871 bits per heavy atom. The van der Waals surface area contributed by atoms with Gasteiger partial charge in [0.1, 0.15) is 0 Å². The van der Waals surface area contributed by atoms with Crippen molar-refractivity contribution in [2.45, 2.75) is 52.5 Å². The van der Waals surface area contributed by atoms with Gasteiger partial charge in [-0.1, -0.05) is 0 Å². The predicted molar refractivity (Wildman–Crippen MR) is 123 cm³/mol. The molecule has 0 aliphatic carbocycles. The lowest BCUT2D eigenvalue weighted by molar-refractivity contribution is -0.114. The molecular formula is C23H35N5O3. The zero-order valence-corrected chi connectivity index (χ0v) is 19.2. The Labute approximate surface area is 184 Å². The van der Waals surface area contributed by atoms with Gasteiger partial charge < -0.3 is 25.3 Å². The third kappa shape index (κ3) is 6.12. The number of carbonyl (C=O) groups is 3. The summed E-state index contributed by atoms with van der Waals surface area (Å²) in [5.41, 5.74) is 1.82. The van der Waals surface area contributed by atoms with E-state index < -0.39 is 0 Å². The second-order valence-electron chi connectivity index (χ2n) is 9.42. The summed E-state index contributed by atoms with van der Waals surface area (Å²) in [6.07, 6.45) is 3.20. The number of hydrogen-bond acceptors (Lipinski definition) is 4. The van der Waals surface area contributed by atoms with E-state index in [0.717, 1.165) is 38.0 Å². The number of likely N-dealkylation sites (tertiary alicyclic amines) is 1. The molecule has 2 fully saturated rings. The lowest BCUT2D eigenvalue weighted by Crippen LogP contribution is -2.55. The van der Waals surface area contributed by atoms with Crippen molar-refractivity contribution in [1.29, 1.82) is 0 Å². The Morgan fingerprint density at radius 3 is 2.10 bits per heavy atom. The standard InChI is InChI=1S/C23H35N5O3/c1-17(29)24-18-8-9-20(19(16-18)21(30)27-10-6-5-7-11-27)26-12-14-28(15-13-26)22(31)25-23(2,3)4/h8-9,16H,5-7,10-15H2,1-4H3,(H,24,29)(H,25,31). The average Bonchev–Trinajstić information content (AvgIpc) is 2.72. The van der Waals surface area contributed by atoms with Crippen LogP contribution in [0.4, 0.5) is 16.2 Å². The number of urea groups is 1. The fourth-order valence-corrected chi connectivity index (χ4v) is 4.08. The SMILES string of the molecule is CC(=O)Nc1ccc(N2CCN(C(=O)NC(C)(C)C)CC2)c(C(=O)N2CCCCC2)c1. The molecule has 3 rings (SSSR count). The maximum atomic E-state index is 13.3. The normalized spacial score (nSPS) is 17.4. The van der Waals surface area contributed by atoms with Crippen molar-refractivity contribution in [1.82, 2.24) is 15.1 Å². The van der Waals surface area contributed by atoms with Crippen LogP contribution in [-0.2, 0) is 4.79 Å². The Hall–Kier alpha value is -2.77. The summed E-state index contributed by atoms with van der Waals surface area (Å²) in [5, 5.41) is 5.80. The lowest BCUT2D eigenvalue weighted by atomic mass is 10.1. The Morgan fingerprint density at radius 2 is 1.52 bits per heavy atom. The van der Waals surface area contributed by atoms with Crippen molar-refractivity contribution in [3.05, 3.63) is 23.8 Å². The van der Waals surface area contributed by atoms with Crippen molar-refractivity contribution in [2.24, 2.45) is 0 Å². The first-order valence-electron chi connectivity index (χ1n) is 11.2. The molecule has 31 heavy (non-hydrogen) atoms. The summed E-state index contributed by atoms with van der Waals surface area (Å²) in [6, 6.07) is 5.47. The smallest absolute Gasteiger partial charge is 0.317 e. The number of amides is 4. The maximum absolute atomic E-state index is 13.3. The van der Waals surface area contributed by atoms with Crippen molar-refractivity contribution in [3.63, 3.8) is 0 Å². The van der Waals surface area contributed by atoms with Gasteiger partial charge in [-0.05, 0) is 58.2 Å². The minimum atomic E-state index is -0.276. The second-order valence-corrected chi connectivity index (χ2v) is 9.42. The first-order chi connectivity index (χ1) is 14.6. The van der Waals surface area contributed by atoms with Gasteiger partial charge in [0.2, 0.25) is 5.91 Å². The molecule has 8 nitrogen and oxygen atoms in total. The zero-order valence-electron chi connectivity index (χ0n) is 19.2. The molecule has 2 aliphatic rings. The molecule has 2 aliphatic heterocycles. The van der Waals surface area contributed by atoms with Gasteiger partial charge in [-0.25, -0.2) is 4.79 Å². The van der Waals surface area contributed by atoms with Crippen LogP contribution in [0, 0.1) is 0 Å². The Kier molecular flexibility index (Phi) is 7.08. The van der Waals surface area contributed by atoms with Crippen molar-refractivity contribution >= 4 is 29.2 Å². The van der Waals surface area contributed by atoms with Gasteiger partial charge in [0, 0.05) is 63.1 Å². The van der Waals surface area contributed by atoms with Crippen LogP contribution in [-0.4, -0.2) is 72.5 Å². The van der Waals surface area contributed by atoms with Crippen LogP contribution in [0.1, 0.15) is 57.3 Å². The van der Waals surface area contributed by atoms with E-state index in [0.29, 0.717) is 37.4 Å². The van der Waals surface area contributed by atoms with E-state index in [-0.39, 0.29) is 23.4 Å². The van der Waals surface area contributed by atoms with E-state index in [1.165, 1.54) is 6.92 Å². The van der Waals surface area contributed by atoms with E-state index >= 15 is 0 Å². The molecule has 170 valence electrons. The van der Waals surface area contributed by atoms with E-state index in [4.69, 9.17) is 0 Å². The summed E-state index contributed by atoms with van der Waals surface area (Å²) in [7, 11) is 0. The van der Waals surface area contributed by atoms with Crippen molar-refractivity contribution in [3.8, 4) is 0 Å². The Balaban J connectivity index is 1.78. The molecule has 2 saturated heterocycles. The summed E-state index contributed by atoms with van der Waals surface area (Å²) < 4.78 is 0. The van der Waals surface area contributed by atoms with Crippen LogP contribution in [0.15, 0.2) is 18.2 Å². The van der Waals surface area contributed by atoms with Crippen molar-refractivity contribution < 1.29 is 14.4 Å². The monoisotopic (exact) mass is 429 g/mol. The molecule has 8 heteroatoms. The van der Waals surface area contributed by atoms with Gasteiger partial charge in [-0.2, -0.15) is 0 Å². The molecule has 0 unspecified atom stereocenters. The summed E-state index contributed by atoms with van der Waals surface area (Å²) >= 11 is 0. The highest BCUT2D eigenvalue weighted by Crippen LogP contribution is 2.28. The zero-order chi connectivity index (χ0) is 22.6. The van der Waals surface area contributed by atoms with Crippen LogP contribution >= 0.6 is 0 Å². The van der Waals surface area contributed by atoms with Gasteiger partial charge in [0.25, 0.3) is 5.91 Å². The number of anilines is 2. The predicted octanol–water partition coefficient (Wildman–Crippen LogP) is 2.90. The van der Waals surface area contributed by atoms with Crippen LogP contribution in [0.2, 0.25) is 0 Å². The van der Waals surface area contributed by atoms with Gasteiger partial charge in [0.15, 0.2) is 0 Å². The van der Waals surface area contributed by atoms with Gasteiger partial charge in [-0.3, -0.25) is 9.59 Å². The molecule has 0 bridgehead atoms. The Bertz CT molecular complexity index is 819. The van der Waals surface area contributed by atoms with Gasteiger partial charge in [0.05, 0.1) is 5.56 Å². The highest BCUT2D eigenvalue weighted by atomic mass is 16.2. The number of nitrogens with zero attached hydrogens (tertiary/aromatic N) is 3. The number of hydrogen-bond donors (Lipinski definition) is 2. The third-order valence-corrected chi connectivity index (χ3v) is 5.58. The molecule has 0 aromatic heterocycles. The highest BCUT2D eigenvalue weighted by molar-refractivity contribution is 6.02. The summed E-state index contributed by atoms with van der Waals surface area (Å²) in [5.74, 6) is -0.155. The minimum Gasteiger partial charge on any atom is -0.367 e. The fourth-order valence-electron chi connectivity index (χ4n) is 4.08. The third-order valence-electron chi connectivity index (χ3n) is 5.58. The molecule has 0 atom stereocenters. The van der Waals surface area contributed by atoms with Gasteiger partial charge >= 0.3 is 6.03 Å². The summed E-state index contributed by atoms with van der Waals surface area (Å²) in [6.45, 7) is 11.4. The maximum Gasteiger partial charge on any atom is 0.317 e. The van der Waals surface area contributed by atoms with Crippen LogP contribution in [0.3, 0.4) is 0 Å². The molecule has 0 radical (unpaired) electrons. The number of piperazine rings is 1.